The number of amides is 2. The van der Waals surface area contributed by atoms with Crippen molar-refractivity contribution in [2.75, 3.05) is 17.2 Å². The van der Waals surface area contributed by atoms with Gasteiger partial charge < -0.3 is 15.4 Å². The molecule has 0 spiro atoms. The van der Waals surface area contributed by atoms with Crippen molar-refractivity contribution in [1.82, 2.24) is 0 Å². The molecule has 2 amide bonds. The van der Waals surface area contributed by atoms with Gasteiger partial charge in [0.2, 0.25) is 0 Å². The largest absolute Gasteiger partial charge is 0.484 e. The quantitative estimate of drug-likeness (QED) is 0.248. The lowest BCUT2D eigenvalue weighted by Gasteiger charge is -2.08. The highest BCUT2D eigenvalue weighted by molar-refractivity contribution is 14.1. The van der Waals surface area contributed by atoms with Gasteiger partial charge in [0, 0.05) is 14.9 Å². The molecule has 3 rings (SSSR count). The molecule has 0 saturated heterocycles. The lowest BCUT2D eigenvalue weighted by molar-refractivity contribution is -0.118. The van der Waals surface area contributed by atoms with Gasteiger partial charge in [0.25, 0.3) is 11.8 Å². The molecule has 3 aromatic carbocycles. The number of hydrogen-bond donors (Lipinski definition) is 2. The first-order valence-electron chi connectivity index (χ1n) is 9.71. The molecule has 160 valence electrons. The molecular weight excluding hydrogens is 517 g/mol. The first-order chi connectivity index (χ1) is 15.4. The van der Waals surface area contributed by atoms with Crippen LogP contribution in [0.3, 0.4) is 0 Å². The second kappa shape index (κ2) is 11.1. The van der Waals surface area contributed by atoms with Crippen LogP contribution in [0.15, 0.2) is 78.4 Å². The van der Waals surface area contributed by atoms with E-state index in [4.69, 9.17) is 4.74 Å². The molecule has 0 aromatic heterocycles. The standard InChI is InChI=1S/C25H20IN3O3/c1-17-5-9-21(10-6-17)28-24(30)16-32-23-11-7-18(8-12-23)13-19(15-27)25(31)29-22-4-2-3-20(26)14-22/h2-14H,16H2,1H3,(H,28,30)(H,29,31)/b19-13+. The van der Waals surface area contributed by atoms with Gasteiger partial charge in [-0.05, 0) is 83.6 Å². The Morgan fingerprint density at radius 1 is 1.00 bits per heavy atom. The van der Waals surface area contributed by atoms with Crippen LogP contribution in [0.5, 0.6) is 5.75 Å². The number of nitriles is 1. The van der Waals surface area contributed by atoms with Crippen molar-refractivity contribution in [2.24, 2.45) is 0 Å². The molecule has 0 aliphatic heterocycles. The summed E-state index contributed by atoms with van der Waals surface area (Å²) in [5.41, 5.74) is 3.08. The first-order valence-corrected chi connectivity index (χ1v) is 10.8. The average Bonchev–Trinajstić information content (AvgIpc) is 2.78. The number of anilines is 2. The zero-order valence-electron chi connectivity index (χ0n) is 17.3. The molecule has 2 N–H and O–H groups in total. The van der Waals surface area contributed by atoms with E-state index in [1.807, 2.05) is 55.5 Å². The zero-order chi connectivity index (χ0) is 22.9. The van der Waals surface area contributed by atoms with Crippen molar-refractivity contribution in [3.05, 3.63) is 93.1 Å². The van der Waals surface area contributed by atoms with Crippen molar-refractivity contribution < 1.29 is 14.3 Å². The van der Waals surface area contributed by atoms with Crippen LogP contribution in [0.2, 0.25) is 0 Å². The van der Waals surface area contributed by atoms with E-state index in [9.17, 15) is 14.9 Å². The van der Waals surface area contributed by atoms with E-state index >= 15 is 0 Å². The summed E-state index contributed by atoms with van der Waals surface area (Å²) in [6, 6.07) is 23.5. The summed E-state index contributed by atoms with van der Waals surface area (Å²) in [6.45, 7) is 1.84. The predicted octanol–water partition coefficient (Wildman–Crippen LogP) is 5.16. The normalized spacial score (nSPS) is 10.7. The molecule has 0 aliphatic carbocycles. The number of carbonyl (C=O) groups excluding carboxylic acids is 2. The number of ether oxygens (including phenoxy) is 1. The summed E-state index contributed by atoms with van der Waals surface area (Å²) >= 11 is 2.15. The van der Waals surface area contributed by atoms with Gasteiger partial charge in [0.05, 0.1) is 0 Å². The second-order valence-electron chi connectivity index (χ2n) is 6.91. The predicted molar refractivity (Wildman–Crippen MR) is 133 cm³/mol. The van der Waals surface area contributed by atoms with Crippen LogP contribution in [-0.2, 0) is 9.59 Å². The molecule has 0 bridgehead atoms. The minimum atomic E-state index is -0.484. The van der Waals surface area contributed by atoms with Gasteiger partial charge in [-0.15, -0.1) is 0 Å². The van der Waals surface area contributed by atoms with E-state index in [1.54, 1.807) is 30.3 Å². The molecule has 6 nitrogen and oxygen atoms in total. The Bertz CT molecular complexity index is 1180. The van der Waals surface area contributed by atoms with Crippen LogP contribution < -0.4 is 15.4 Å². The van der Waals surface area contributed by atoms with Crippen molar-refractivity contribution in [3.8, 4) is 11.8 Å². The maximum atomic E-state index is 12.4. The Morgan fingerprint density at radius 3 is 2.38 bits per heavy atom. The van der Waals surface area contributed by atoms with E-state index in [0.29, 0.717) is 22.7 Å². The molecule has 0 aliphatic rings. The van der Waals surface area contributed by atoms with Gasteiger partial charge in [-0.3, -0.25) is 9.59 Å². The molecule has 7 heteroatoms. The third-order valence-corrected chi connectivity index (χ3v) is 5.01. The SMILES string of the molecule is Cc1ccc(NC(=O)COc2ccc(/C=C(\C#N)C(=O)Nc3cccc(I)c3)cc2)cc1. The van der Waals surface area contributed by atoms with Gasteiger partial charge >= 0.3 is 0 Å². The van der Waals surface area contributed by atoms with Gasteiger partial charge in [0.1, 0.15) is 17.4 Å². The molecule has 32 heavy (non-hydrogen) atoms. The Morgan fingerprint density at radius 2 is 1.72 bits per heavy atom. The fourth-order valence-corrected chi connectivity index (χ4v) is 3.27. The minimum Gasteiger partial charge on any atom is -0.484 e. The number of hydrogen-bond acceptors (Lipinski definition) is 4. The molecule has 0 fully saturated rings. The summed E-state index contributed by atoms with van der Waals surface area (Å²) < 4.78 is 6.49. The van der Waals surface area contributed by atoms with E-state index < -0.39 is 5.91 Å². The maximum absolute atomic E-state index is 12.4. The van der Waals surface area contributed by atoms with Gasteiger partial charge in [-0.25, -0.2) is 0 Å². The smallest absolute Gasteiger partial charge is 0.266 e. The number of nitrogens with one attached hydrogen (secondary N) is 2. The van der Waals surface area contributed by atoms with Gasteiger partial charge in [-0.2, -0.15) is 5.26 Å². The van der Waals surface area contributed by atoms with Crippen LogP contribution in [0.4, 0.5) is 11.4 Å². The van der Waals surface area contributed by atoms with Crippen LogP contribution in [0.25, 0.3) is 6.08 Å². The Hall–Kier alpha value is -3.64. The monoisotopic (exact) mass is 537 g/mol. The van der Waals surface area contributed by atoms with Crippen LogP contribution in [-0.4, -0.2) is 18.4 Å². The van der Waals surface area contributed by atoms with Crippen LogP contribution in [0, 0.1) is 21.8 Å². The highest BCUT2D eigenvalue weighted by Crippen LogP contribution is 2.17. The van der Waals surface area contributed by atoms with Crippen molar-refractivity contribution in [3.63, 3.8) is 0 Å². The number of benzene rings is 3. The molecule has 3 aromatic rings. The molecule has 0 atom stereocenters. The molecule has 0 heterocycles. The summed E-state index contributed by atoms with van der Waals surface area (Å²) in [6.07, 6.45) is 1.50. The van der Waals surface area contributed by atoms with Crippen molar-refractivity contribution >= 4 is 51.9 Å². The molecular formula is C25H20IN3O3. The maximum Gasteiger partial charge on any atom is 0.266 e. The van der Waals surface area contributed by atoms with Crippen molar-refractivity contribution in [1.29, 1.82) is 5.26 Å². The van der Waals surface area contributed by atoms with E-state index in [-0.39, 0.29) is 18.1 Å². The van der Waals surface area contributed by atoms with E-state index in [0.717, 1.165) is 9.13 Å². The second-order valence-corrected chi connectivity index (χ2v) is 8.15. The number of aryl methyl sites for hydroxylation is 1. The first kappa shape index (κ1) is 23.0. The van der Waals surface area contributed by atoms with Gasteiger partial charge in [-0.1, -0.05) is 35.9 Å². The molecule has 0 unspecified atom stereocenters. The fraction of sp³-hybridized carbons (Fsp3) is 0.0800. The Kier molecular flexibility index (Phi) is 8.00. The van der Waals surface area contributed by atoms with Crippen LogP contribution in [0.1, 0.15) is 11.1 Å². The zero-order valence-corrected chi connectivity index (χ0v) is 19.4. The molecule has 0 radical (unpaired) electrons. The van der Waals surface area contributed by atoms with Crippen molar-refractivity contribution in [2.45, 2.75) is 6.92 Å². The lowest BCUT2D eigenvalue weighted by atomic mass is 10.1. The van der Waals surface area contributed by atoms with E-state index in [2.05, 4.69) is 33.2 Å². The summed E-state index contributed by atoms with van der Waals surface area (Å²) in [7, 11) is 0. The highest BCUT2D eigenvalue weighted by atomic mass is 127. The van der Waals surface area contributed by atoms with Gasteiger partial charge in [0.15, 0.2) is 6.61 Å². The summed E-state index contributed by atoms with van der Waals surface area (Å²) in [5, 5.41) is 14.9. The highest BCUT2D eigenvalue weighted by Gasteiger charge is 2.10. The molecule has 0 saturated carbocycles. The summed E-state index contributed by atoms with van der Waals surface area (Å²) in [5.74, 6) is -0.248. The minimum absolute atomic E-state index is 0.0185. The third-order valence-electron chi connectivity index (χ3n) is 4.34. The fourth-order valence-electron chi connectivity index (χ4n) is 2.72. The Balaban J connectivity index is 1.57. The third kappa shape index (κ3) is 6.96. The Labute approximate surface area is 200 Å². The topological polar surface area (TPSA) is 91.2 Å². The number of carbonyl (C=O) groups is 2. The number of nitrogens with zero attached hydrogens (tertiary/aromatic N) is 1. The lowest BCUT2D eigenvalue weighted by Crippen LogP contribution is -2.20. The average molecular weight is 537 g/mol. The van der Waals surface area contributed by atoms with E-state index in [1.165, 1.54) is 6.08 Å². The number of halogens is 1. The van der Waals surface area contributed by atoms with Crippen LogP contribution >= 0.6 is 22.6 Å². The summed E-state index contributed by atoms with van der Waals surface area (Å²) in [4.78, 5) is 24.4. The number of rotatable bonds is 7.